The van der Waals surface area contributed by atoms with E-state index in [0.717, 1.165) is 45.0 Å². The van der Waals surface area contributed by atoms with Gasteiger partial charge < -0.3 is 4.90 Å². The monoisotopic (exact) mass is 373 g/mol. The summed E-state index contributed by atoms with van der Waals surface area (Å²) in [5.74, 6) is 0.827. The van der Waals surface area contributed by atoms with Gasteiger partial charge in [-0.3, -0.25) is 14.3 Å². The fourth-order valence-electron chi connectivity index (χ4n) is 3.24. The van der Waals surface area contributed by atoms with Gasteiger partial charge in [0.25, 0.3) is 0 Å². The lowest BCUT2D eigenvalue weighted by Gasteiger charge is -2.35. The zero-order valence-corrected chi connectivity index (χ0v) is 15.1. The van der Waals surface area contributed by atoms with E-state index >= 15 is 0 Å². The minimum atomic E-state index is -0.0788. The van der Waals surface area contributed by atoms with Crippen molar-refractivity contribution < 1.29 is 0 Å². The van der Waals surface area contributed by atoms with Crippen molar-refractivity contribution in [1.82, 2.24) is 29.0 Å². The fourth-order valence-corrected chi connectivity index (χ4v) is 3.39. The van der Waals surface area contributed by atoms with Crippen molar-refractivity contribution in [3.63, 3.8) is 0 Å². The Hall–Kier alpha value is -2.45. The quantitative estimate of drug-likeness (QED) is 0.668. The molecule has 1 aliphatic heterocycles. The highest BCUT2D eigenvalue weighted by atomic mass is 35.5. The van der Waals surface area contributed by atoms with Crippen LogP contribution in [-0.4, -0.2) is 61.8 Å². The molecule has 0 unspecified atom stereocenters. The molecule has 0 aliphatic carbocycles. The van der Waals surface area contributed by atoms with E-state index in [2.05, 4.69) is 24.9 Å². The Kier molecular flexibility index (Phi) is 4.85. The van der Waals surface area contributed by atoms with Crippen LogP contribution in [0, 0.1) is 0 Å². The van der Waals surface area contributed by atoms with Gasteiger partial charge >= 0.3 is 5.69 Å². The molecule has 0 amide bonds. The van der Waals surface area contributed by atoms with Gasteiger partial charge in [-0.1, -0.05) is 17.7 Å². The number of halogens is 1. The number of fused-ring (bicyclic) bond motifs is 1. The molecule has 1 fully saturated rings. The fraction of sp³-hybridized carbons (Fsp3) is 0.412. The highest BCUT2D eigenvalue weighted by Crippen LogP contribution is 2.15. The van der Waals surface area contributed by atoms with Gasteiger partial charge in [0, 0.05) is 45.5 Å². The summed E-state index contributed by atoms with van der Waals surface area (Å²) < 4.78 is 3.12. The lowest BCUT2D eigenvalue weighted by molar-refractivity contribution is 0.248. The molecule has 1 aliphatic rings. The Labute approximate surface area is 155 Å². The van der Waals surface area contributed by atoms with E-state index in [1.807, 2.05) is 18.2 Å². The number of piperazine rings is 1. The molecule has 0 saturated carbocycles. The maximum absolute atomic E-state index is 12.3. The molecular formula is C17H20ClN7O. The van der Waals surface area contributed by atoms with E-state index in [-0.39, 0.29) is 5.69 Å². The van der Waals surface area contributed by atoms with Crippen molar-refractivity contribution in [1.29, 1.82) is 0 Å². The number of pyridine rings is 1. The van der Waals surface area contributed by atoms with E-state index < -0.39 is 0 Å². The van der Waals surface area contributed by atoms with Gasteiger partial charge in [-0.25, -0.2) is 14.5 Å². The van der Waals surface area contributed by atoms with E-state index in [0.29, 0.717) is 17.3 Å². The molecular weight excluding hydrogens is 354 g/mol. The molecule has 8 nitrogen and oxygen atoms in total. The molecule has 9 heteroatoms. The van der Waals surface area contributed by atoms with Gasteiger partial charge in [-0.05, 0) is 18.6 Å². The van der Waals surface area contributed by atoms with Crippen LogP contribution in [0.1, 0.15) is 6.42 Å². The Morgan fingerprint density at radius 2 is 1.92 bits per heavy atom. The van der Waals surface area contributed by atoms with Crippen LogP contribution in [0.2, 0.25) is 5.15 Å². The topological polar surface area (TPSA) is 71.6 Å². The third-order valence-electron chi connectivity index (χ3n) is 4.62. The Morgan fingerprint density at radius 3 is 2.69 bits per heavy atom. The molecule has 0 bridgehead atoms. The summed E-state index contributed by atoms with van der Waals surface area (Å²) >= 11 is 5.92. The van der Waals surface area contributed by atoms with Crippen LogP contribution in [0.5, 0.6) is 0 Å². The normalized spacial score (nSPS) is 15.7. The number of anilines is 1. The third kappa shape index (κ3) is 3.56. The predicted molar refractivity (Wildman–Crippen MR) is 99.8 cm³/mol. The molecule has 4 rings (SSSR count). The Balaban J connectivity index is 1.28. The molecule has 3 aromatic rings. The molecule has 26 heavy (non-hydrogen) atoms. The predicted octanol–water partition coefficient (Wildman–Crippen LogP) is 1.15. The third-order valence-corrected chi connectivity index (χ3v) is 4.80. The van der Waals surface area contributed by atoms with Gasteiger partial charge in [0.1, 0.15) is 11.0 Å². The van der Waals surface area contributed by atoms with Gasteiger partial charge in [0.05, 0.1) is 12.4 Å². The second kappa shape index (κ2) is 7.43. The van der Waals surface area contributed by atoms with Crippen LogP contribution in [-0.2, 0) is 6.54 Å². The largest absolute Gasteiger partial charge is 0.353 e. The summed E-state index contributed by atoms with van der Waals surface area (Å²) in [7, 11) is 0. The van der Waals surface area contributed by atoms with Crippen LogP contribution in [0.3, 0.4) is 0 Å². The second-order valence-corrected chi connectivity index (χ2v) is 6.70. The minimum absolute atomic E-state index is 0.0788. The summed E-state index contributed by atoms with van der Waals surface area (Å²) in [6.07, 6.45) is 5.93. The highest BCUT2D eigenvalue weighted by Gasteiger charge is 2.18. The molecule has 0 spiro atoms. The van der Waals surface area contributed by atoms with Crippen molar-refractivity contribution >= 4 is 23.1 Å². The lowest BCUT2D eigenvalue weighted by atomic mass is 10.3. The van der Waals surface area contributed by atoms with E-state index in [4.69, 9.17) is 11.6 Å². The minimum Gasteiger partial charge on any atom is -0.353 e. The van der Waals surface area contributed by atoms with Crippen molar-refractivity contribution in [2.24, 2.45) is 0 Å². The van der Waals surface area contributed by atoms with Crippen molar-refractivity contribution in [3.05, 3.63) is 52.4 Å². The smallest absolute Gasteiger partial charge is 0.350 e. The number of aryl methyl sites for hydroxylation is 1. The van der Waals surface area contributed by atoms with E-state index in [1.54, 1.807) is 27.7 Å². The highest BCUT2D eigenvalue weighted by molar-refractivity contribution is 6.29. The first-order chi connectivity index (χ1) is 12.7. The summed E-state index contributed by atoms with van der Waals surface area (Å²) in [4.78, 5) is 25.3. The number of rotatable bonds is 5. The van der Waals surface area contributed by atoms with Crippen molar-refractivity contribution in [2.45, 2.75) is 13.0 Å². The summed E-state index contributed by atoms with van der Waals surface area (Å²) in [6.45, 7) is 5.26. The Morgan fingerprint density at radius 1 is 1.08 bits per heavy atom. The SMILES string of the molecule is O=c1n(CCCN2CCN(c3cncc(Cl)n3)CC2)nc2ccccn12. The first-order valence-corrected chi connectivity index (χ1v) is 9.07. The molecule has 1 saturated heterocycles. The van der Waals surface area contributed by atoms with Crippen LogP contribution < -0.4 is 10.6 Å². The molecule has 136 valence electrons. The van der Waals surface area contributed by atoms with Crippen LogP contribution in [0.4, 0.5) is 5.82 Å². The maximum Gasteiger partial charge on any atom is 0.350 e. The number of hydrogen-bond acceptors (Lipinski definition) is 6. The molecule has 0 N–H and O–H groups in total. The average molecular weight is 374 g/mol. The first-order valence-electron chi connectivity index (χ1n) is 8.70. The number of aromatic nitrogens is 5. The zero-order chi connectivity index (χ0) is 17.9. The summed E-state index contributed by atoms with van der Waals surface area (Å²) in [5.41, 5.74) is 0.610. The zero-order valence-electron chi connectivity index (χ0n) is 14.3. The lowest BCUT2D eigenvalue weighted by Crippen LogP contribution is -2.47. The van der Waals surface area contributed by atoms with Crippen molar-refractivity contribution in [2.75, 3.05) is 37.6 Å². The van der Waals surface area contributed by atoms with Crippen LogP contribution >= 0.6 is 11.6 Å². The molecule has 0 aromatic carbocycles. The molecule has 3 aromatic heterocycles. The van der Waals surface area contributed by atoms with E-state index in [1.165, 1.54) is 0 Å². The van der Waals surface area contributed by atoms with Gasteiger partial charge in [0.15, 0.2) is 5.65 Å². The molecule has 4 heterocycles. The van der Waals surface area contributed by atoms with Gasteiger partial charge in [-0.2, -0.15) is 0 Å². The summed E-state index contributed by atoms with van der Waals surface area (Å²) in [5, 5.41) is 4.79. The summed E-state index contributed by atoms with van der Waals surface area (Å²) in [6, 6.07) is 5.57. The number of hydrogen-bond donors (Lipinski definition) is 0. The van der Waals surface area contributed by atoms with Crippen molar-refractivity contribution in [3.8, 4) is 0 Å². The number of nitrogens with zero attached hydrogens (tertiary/aromatic N) is 7. The molecule has 0 radical (unpaired) electrons. The van der Waals surface area contributed by atoms with Crippen LogP contribution in [0.25, 0.3) is 5.65 Å². The van der Waals surface area contributed by atoms with Gasteiger partial charge in [-0.15, -0.1) is 5.10 Å². The van der Waals surface area contributed by atoms with Crippen LogP contribution in [0.15, 0.2) is 41.6 Å². The second-order valence-electron chi connectivity index (χ2n) is 6.32. The maximum atomic E-state index is 12.3. The molecule has 0 atom stereocenters. The Bertz CT molecular complexity index is 945. The first kappa shape index (κ1) is 17.0. The van der Waals surface area contributed by atoms with Gasteiger partial charge in [0.2, 0.25) is 0 Å². The van der Waals surface area contributed by atoms with E-state index in [9.17, 15) is 4.79 Å². The standard InChI is InChI=1S/C17H20ClN7O/c18-14-12-19-13-16(20-14)23-10-8-22(9-11-23)5-3-7-25-17(26)24-6-2-1-4-15(24)21-25/h1-2,4,6,12-13H,3,5,7-11H2. The average Bonchev–Trinajstić information content (AvgIpc) is 2.99.